The normalized spacial score (nSPS) is 12.4. The van der Waals surface area contributed by atoms with Crippen molar-refractivity contribution in [3.8, 4) is 11.1 Å². The number of hydrogen-bond donors (Lipinski definition) is 3. The molecule has 4 aromatic rings. The average molecular weight is 363 g/mol. The van der Waals surface area contributed by atoms with Crippen molar-refractivity contribution in [1.29, 1.82) is 0 Å². The number of nitrogens with two attached hydrogens (primary N) is 2. The monoisotopic (exact) mass is 362 g/mol. The summed E-state index contributed by atoms with van der Waals surface area (Å²) in [6.07, 6.45) is 0.776. The number of halogens is 1. The highest BCUT2D eigenvalue weighted by molar-refractivity contribution is 6.33. The number of H-pyrrole nitrogens is 1. The van der Waals surface area contributed by atoms with Crippen LogP contribution in [0.15, 0.2) is 66.7 Å². The van der Waals surface area contributed by atoms with E-state index >= 15 is 0 Å². The van der Waals surface area contributed by atoms with Crippen LogP contribution in [-0.4, -0.2) is 10.2 Å². The van der Waals surface area contributed by atoms with Gasteiger partial charge in [0.1, 0.15) is 0 Å². The number of nitrogens with zero attached hydrogens (tertiary/aromatic N) is 1. The number of nitrogens with one attached hydrogen (secondary N) is 1. The van der Waals surface area contributed by atoms with E-state index in [0.29, 0.717) is 10.8 Å². The molecule has 0 aliphatic rings. The van der Waals surface area contributed by atoms with Gasteiger partial charge in [0.25, 0.3) is 0 Å². The topological polar surface area (TPSA) is 80.7 Å². The lowest BCUT2D eigenvalue weighted by Gasteiger charge is -2.15. The molecule has 130 valence electrons. The lowest BCUT2D eigenvalue weighted by Crippen LogP contribution is -2.13. The van der Waals surface area contributed by atoms with Crippen molar-refractivity contribution < 1.29 is 0 Å². The minimum atomic E-state index is -0.0973. The van der Waals surface area contributed by atoms with Gasteiger partial charge in [0.2, 0.25) is 0 Å². The molecule has 1 aromatic heterocycles. The van der Waals surface area contributed by atoms with Gasteiger partial charge in [-0.3, -0.25) is 5.10 Å². The third kappa shape index (κ3) is 3.17. The first kappa shape index (κ1) is 16.6. The van der Waals surface area contributed by atoms with Crippen LogP contribution in [0.2, 0.25) is 5.02 Å². The molecule has 0 radical (unpaired) electrons. The fourth-order valence-electron chi connectivity index (χ4n) is 3.19. The van der Waals surface area contributed by atoms with Crippen LogP contribution in [0.1, 0.15) is 17.2 Å². The zero-order valence-corrected chi connectivity index (χ0v) is 14.9. The summed E-state index contributed by atoms with van der Waals surface area (Å²) < 4.78 is 0. The Labute approximate surface area is 156 Å². The number of anilines is 1. The zero-order chi connectivity index (χ0) is 18.1. The standard InChI is InChI=1S/C21H19ClN4/c22-18-9-7-15(19(23)10-13-4-2-1-3-5-13)11-17(18)14-6-8-16-20(12-14)25-26-21(16)24/h1-9,11-12,19H,10,23H2,(H3,24,25,26). The molecule has 0 bridgehead atoms. The van der Waals surface area contributed by atoms with Gasteiger partial charge in [-0.2, -0.15) is 5.10 Å². The molecule has 3 aromatic carbocycles. The minimum Gasteiger partial charge on any atom is -0.382 e. The molecule has 0 aliphatic carbocycles. The van der Waals surface area contributed by atoms with Crippen molar-refractivity contribution in [1.82, 2.24) is 10.2 Å². The van der Waals surface area contributed by atoms with Crippen molar-refractivity contribution in [3.05, 3.63) is 82.9 Å². The summed E-state index contributed by atoms with van der Waals surface area (Å²) in [5, 5.41) is 8.58. The molecule has 0 aliphatic heterocycles. The fourth-order valence-corrected chi connectivity index (χ4v) is 3.42. The second kappa shape index (κ2) is 6.83. The number of aromatic nitrogens is 2. The number of nitrogen functional groups attached to an aromatic ring is 1. The van der Waals surface area contributed by atoms with Crippen molar-refractivity contribution in [2.75, 3.05) is 5.73 Å². The summed E-state index contributed by atoms with van der Waals surface area (Å²) in [6.45, 7) is 0. The summed E-state index contributed by atoms with van der Waals surface area (Å²) in [7, 11) is 0. The average Bonchev–Trinajstić information content (AvgIpc) is 3.03. The Bertz CT molecular complexity index is 1060. The van der Waals surface area contributed by atoms with Crippen molar-refractivity contribution in [3.63, 3.8) is 0 Å². The molecular weight excluding hydrogens is 344 g/mol. The molecule has 0 fully saturated rings. The summed E-state index contributed by atoms with van der Waals surface area (Å²) >= 11 is 6.46. The molecule has 1 heterocycles. The smallest absolute Gasteiger partial charge is 0.153 e. The fraction of sp³-hybridized carbons (Fsp3) is 0.0952. The highest BCUT2D eigenvalue weighted by Gasteiger charge is 2.12. The third-order valence-corrected chi connectivity index (χ3v) is 4.95. The van der Waals surface area contributed by atoms with Gasteiger partial charge in [-0.15, -0.1) is 0 Å². The maximum Gasteiger partial charge on any atom is 0.153 e. The lowest BCUT2D eigenvalue weighted by atomic mass is 9.95. The van der Waals surface area contributed by atoms with Crippen LogP contribution < -0.4 is 11.5 Å². The number of fused-ring (bicyclic) bond motifs is 1. The molecule has 0 amide bonds. The van der Waals surface area contributed by atoms with E-state index in [9.17, 15) is 0 Å². The largest absolute Gasteiger partial charge is 0.382 e. The van der Waals surface area contributed by atoms with Gasteiger partial charge in [-0.25, -0.2) is 0 Å². The van der Waals surface area contributed by atoms with Crippen molar-refractivity contribution in [2.45, 2.75) is 12.5 Å². The molecule has 1 unspecified atom stereocenters. The molecule has 5 heteroatoms. The Kier molecular flexibility index (Phi) is 4.37. The lowest BCUT2D eigenvalue weighted by molar-refractivity contribution is 0.722. The zero-order valence-electron chi connectivity index (χ0n) is 14.1. The van der Waals surface area contributed by atoms with E-state index in [1.54, 1.807) is 0 Å². The Morgan fingerprint density at radius 3 is 2.62 bits per heavy atom. The highest BCUT2D eigenvalue weighted by Crippen LogP contribution is 2.33. The summed E-state index contributed by atoms with van der Waals surface area (Å²) in [4.78, 5) is 0. The van der Waals surface area contributed by atoms with E-state index < -0.39 is 0 Å². The molecule has 1 atom stereocenters. The van der Waals surface area contributed by atoms with E-state index in [1.165, 1.54) is 5.56 Å². The quantitative estimate of drug-likeness (QED) is 0.492. The van der Waals surface area contributed by atoms with Crippen LogP contribution in [-0.2, 0) is 6.42 Å². The maximum absolute atomic E-state index is 6.46. The van der Waals surface area contributed by atoms with Gasteiger partial charge in [0.15, 0.2) is 5.82 Å². The summed E-state index contributed by atoms with van der Waals surface area (Å²) in [6, 6.07) is 22.1. The van der Waals surface area contributed by atoms with Gasteiger partial charge in [-0.1, -0.05) is 54.1 Å². The van der Waals surface area contributed by atoms with Gasteiger partial charge in [-0.05, 0) is 47.4 Å². The Morgan fingerprint density at radius 1 is 1.00 bits per heavy atom. The number of hydrogen-bond acceptors (Lipinski definition) is 3. The number of rotatable bonds is 4. The number of benzene rings is 3. The van der Waals surface area contributed by atoms with E-state index in [2.05, 4.69) is 28.4 Å². The molecule has 0 spiro atoms. The molecule has 0 saturated heterocycles. The van der Waals surface area contributed by atoms with Crippen LogP contribution in [0.25, 0.3) is 22.0 Å². The second-order valence-corrected chi connectivity index (χ2v) is 6.81. The molecule has 4 rings (SSSR count). The van der Waals surface area contributed by atoms with Crippen molar-refractivity contribution >= 4 is 28.3 Å². The van der Waals surface area contributed by atoms with E-state index in [1.807, 2.05) is 48.5 Å². The predicted molar refractivity (Wildman–Crippen MR) is 108 cm³/mol. The predicted octanol–water partition coefficient (Wildman–Crippen LogP) is 4.71. The molecule has 4 nitrogen and oxygen atoms in total. The molecule has 5 N–H and O–H groups in total. The third-order valence-electron chi connectivity index (χ3n) is 4.62. The van der Waals surface area contributed by atoms with Crippen LogP contribution in [0.5, 0.6) is 0 Å². The van der Waals surface area contributed by atoms with Crippen LogP contribution in [0.4, 0.5) is 5.82 Å². The first-order valence-electron chi connectivity index (χ1n) is 8.45. The first-order valence-corrected chi connectivity index (χ1v) is 8.82. The van der Waals surface area contributed by atoms with Gasteiger partial charge < -0.3 is 11.5 Å². The second-order valence-electron chi connectivity index (χ2n) is 6.40. The summed E-state index contributed by atoms with van der Waals surface area (Å²) in [5.41, 5.74) is 17.4. The summed E-state index contributed by atoms with van der Waals surface area (Å²) in [5.74, 6) is 0.497. The van der Waals surface area contributed by atoms with Crippen LogP contribution >= 0.6 is 11.6 Å². The first-order chi connectivity index (χ1) is 12.6. The molecule has 26 heavy (non-hydrogen) atoms. The van der Waals surface area contributed by atoms with Crippen LogP contribution in [0.3, 0.4) is 0 Å². The van der Waals surface area contributed by atoms with Crippen molar-refractivity contribution in [2.24, 2.45) is 5.73 Å². The SMILES string of the molecule is Nc1n[nH]c2cc(-c3cc(C(N)Cc4ccccc4)ccc3Cl)ccc12. The van der Waals surface area contributed by atoms with E-state index in [-0.39, 0.29) is 6.04 Å². The van der Waals surface area contributed by atoms with Gasteiger partial charge in [0.05, 0.1) is 5.52 Å². The Morgan fingerprint density at radius 2 is 1.81 bits per heavy atom. The van der Waals surface area contributed by atoms with Gasteiger partial charge in [0, 0.05) is 22.0 Å². The number of aromatic amines is 1. The molecular formula is C21H19ClN4. The van der Waals surface area contributed by atoms with Crippen LogP contribution in [0, 0.1) is 0 Å². The molecule has 0 saturated carbocycles. The highest BCUT2D eigenvalue weighted by atomic mass is 35.5. The van der Waals surface area contributed by atoms with Gasteiger partial charge >= 0.3 is 0 Å². The Balaban J connectivity index is 1.69. The van der Waals surface area contributed by atoms with E-state index in [0.717, 1.165) is 34.0 Å². The maximum atomic E-state index is 6.46. The van der Waals surface area contributed by atoms with E-state index in [4.69, 9.17) is 23.1 Å². The minimum absolute atomic E-state index is 0.0973. The Hall–Kier alpha value is -2.82.